The molecule has 0 bridgehead atoms. The van der Waals surface area contributed by atoms with Crippen LogP contribution in [0.5, 0.6) is 0 Å². The normalized spacial score (nSPS) is 15.4. The SMILES string of the molecule is c1ccc(C(c2ccccc2)N2CCN(c3nc4ccccc4o3)CC2)cc1. The first-order valence-electron chi connectivity index (χ1n) is 9.83. The molecule has 0 atom stereocenters. The van der Waals surface area contributed by atoms with Crippen LogP contribution in [0.1, 0.15) is 17.2 Å². The highest BCUT2D eigenvalue weighted by molar-refractivity contribution is 5.74. The Morgan fingerprint density at radius 1 is 0.679 bits per heavy atom. The van der Waals surface area contributed by atoms with E-state index in [1.54, 1.807) is 0 Å². The number of para-hydroxylation sites is 2. The molecule has 3 aromatic carbocycles. The van der Waals surface area contributed by atoms with Crippen molar-refractivity contribution in [2.24, 2.45) is 0 Å². The van der Waals surface area contributed by atoms with Crippen LogP contribution in [0.25, 0.3) is 11.1 Å². The lowest BCUT2D eigenvalue weighted by Gasteiger charge is -2.39. The van der Waals surface area contributed by atoms with Gasteiger partial charge in [0.15, 0.2) is 5.58 Å². The van der Waals surface area contributed by atoms with Gasteiger partial charge in [0.2, 0.25) is 0 Å². The quantitative estimate of drug-likeness (QED) is 0.520. The Bertz CT molecular complexity index is 965. The minimum Gasteiger partial charge on any atom is -0.423 e. The summed E-state index contributed by atoms with van der Waals surface area (Å²) in [4.78, 5) is 9.48. The molecule has 4 aromatic rings. The maximum Gasteiger partial charge on any atom is 0.298 e. The lowest BCUT2D eigenvalue weighted by molar-refractivity contribution is 0.209. The molecule has 0 aliphatic carbocycles. The van der Waals surface area contributed by atoms with Crippen molar-refractivity contribution in [3.63, 3.8) is 0 Å². The molecule has 4 nitrogen and oxygen atoms in total. The minimum atomic E-state index is 0.271. The van der Waals surface area contributed by atoms with Gasteiger partial charge in [-0.2, -0.15) is 4.98 Å². The largest absolute Gasteiger partial charge is 0.423 e. The van der Waals surface area contributed by atoms with E-state index in [1.807, 2.05) is 24.3 Å². The first-order chi connectivity index (χ1) is 13.9. The Hall–Kier alpha value is -3.11. The number of piperazine rings is 1. The zero-order valence-corrected chi connectivity index (χ0v) is 15.7. The van der Waals surface area contributed by atoms with Gasteiger partial charge in [0.25, 0.3) is 6.01 Å². The van der Waals surface area contributed by atoms with Gasteiger partial charge in [0, 0.05) is 26.2 Å². The molecule has 1 aliphatic rings. The van der Waals surface area contributed by atoms with Crippen molar-refractivity contribution < 1.29 is 4.42 Å². The fourth-order valence-electron chi connectivity index (χ4n) is 4.05. The van der Waals surface area contributed by atoms with Gasteiger partial charge in [-0.25, -0.2) is 0 Å². The molecule has 1 aliphatic heterocycles. The molecule has 4 heteroatoms. The number of rotatable bonds is 4. The second-order valence-electron chi connectivity index (χ2n) is 7.21. The zero-order chi connectivity index (χ0) is 18.8. The highest BCUT2D eigenvalue weighted by Gasteiger charge is 2.27. The van der Waals surface area contributed by atoms with E-state index >= 15 is 0 Å². The van der Waals surface area contributed by atoms with Crippen molar-refractivity contribution in [3.8, 4) is 0 Å². The predicted molar refractivity (Wildman–Crippen MR) is 113 cm³/mol. The maximum absolute atomic E-state index is 5.97. The molecular formula is C24H23N3O. The third-order valence-electron chi connectivity index (χ3n) is 5.46. The fraction of sp³-hybridized carbons (Fsp3) is 0.208. The molecule has 0 amide bonds. The monoisotopic (exact) mass is 369 g/mol. The van der Waals surface area contributed by atoms with Gasteiger partial charge in [-0.1, -0.05) is 72.8 Å². The van der Waals surface area contributed by atoms with Gasteiger partial charge in [-0.3, -0.25) is 4.90 Å². The first-order valence-corrected chi connectivity index (χ1v) is 9.83. The highest BCUT2D eigenvalue weighted by atomic mass is 16.4. The molecule has 0 radical (unpaired) electrons. The third kappa shape index (κ3) is 3.27. The number of fused-ring (bicyclic) bond motifs is 1. The van der Waals surface area contributed by atoms with E-state index in [0.29, 0.717) is 0 Å². The number of hydrogen-bond donors (Lipinski definition) is 0. The molecular weight excluding hydrogens is 346 g/mol. The Balaban J connectivity index is 1.37. The second kappa shape index (κ2) is 7.49. The van der Waals surface area contributed by atoms with E-state index in [0.717, 1.165) is 43.3 Å². The smallest absolute Gasteiger partial charge is 0.298 e. The lowest BCUT2D eigenvalue weighted by Crippen LogP contribution is -2.48. The van der Waals surface area contributed by atoms with Gasteiger partial charge in [0.1, 0.15) is 5.52 Å². The van der Waals surface area contributed by atoms with E-state index < -0.39 is 0 Å². The summed E-state index contributed by atoms with van der Waals surface area (Å²) >= 11 is 0. The second-order valence-corrected chi connectivity index (χ2v) is 7.21. The van der Waals surface area contributed by atoms with Crippen LogP contribution >= 0.6 is 0 Å². The van der Waals surface area contributed by atoms with Crippen LogP contribution < -0.4 is 4.90 Å². The summed E-state index contributed by atoms with van der Waals surface area (Å²) in [6.07, 6.45) is 0. The van der Waals surface area contributed by atoms with Crippen molar-refractivity contribution in [1.82, 2.24) is 9.88 Å². The number of aromatic nitrogens is 1. The first kappa shape index (κ1) is 17.0. The fourth-order valence-corrected chi connectivity index (χ4v) is 4.05. The number of benzene rings is 3. The average Bonchev–Trinajstić information content (AvgIpc) is 3.20. The molecule has 1 saturated heterocycles. The Morgan fingerprint density at radius 3 is 1.86 bits per heavy atom. The van der Waals surface area contributed by atoms with E-state index in [9.17, 15) is 0 Å². The van der Waals surface area contributed by atoms with Crippen LogP contribution in [0.4, 0.5) is 6.01 Å². The number of anilines is 1. The van der Waals surface area contributed by atoms with Gasteiger partial charge in [0.05, 0.1) is 6.04 Å². The van der Waals surface area contributed by atoms with Crippen molar-refractivity contribution in [2.75, 3.05) is 31.1 Å². The Morgan fingerprint density at radius 2 is 1.25 bits per heavy atom. The van der Waals surface area contributed by atoms with Crippen molar-refractivity contribution in [3.05, 3.63) is 96.1 Å². The maximum atomic E-state index is 5.97. The van der Waals surface area contributed by atoms with Gasteiger partial charge < -0.3 is 9.32 Å². The number of nitrogens with zero attached hydrogens (tertiary/aromatic N) is 3. The molecule has 1 fully saturated rings. The van der Waals surface area contributed by atoms with Crippen LogP contribution in [0.2, 0.25) is 0 Å². The Kier molecular flexibility index (Phi) is 4.55. The minimum absolute atomic E-state index is 0.271. The molecule has 0 spiro atoms. The predicted octanol–water partition coefficient (Wildman–Crippen LogP) is 4.74. The molecule has 0 N–H and O–H groups in total. The summed E-state index contributed by atoms with van der Waals surface area (Å²) in [7, 11) is 0. The van der Waals surface area contributed by atoms with E-state index in [4.69, 9.17) is 4.42 Å². The summed E-state index contributed by atoms with van der Waals surface area (Å²) < 4.78 is 5.97. The topological polar surface area (TPSA) is 32.5 Å². The average molecular weight is 369 g/mol. The van der Waals surface area contributed by atoms with Gasteiger partial charge in [-0.15, -0.1) is 0 Å². The van der Waals surface area contributed by atoms with Crippen LogP contribution in [0, 0.1) is 0 Å². The van der Waals surface area contributed by atoms with Crippen molar-refractivity contribution >= 4 is 17.1 Å². The summed E-state index contributed by atoms with van der Waals surface area (Å²) in [5.41, 5.74) is 4.45. The number of hydrogen-bond acceptors (Lipinski definition) is 4. The van der Waals surface area contributed by atoms with Crippen molar-refractivity contribution in [2.45, 2.75) is 6.04 Å². The molecule has 2 heterocycles. The standard InChI is InChI=1S/C24H23N3O/c1-3-9-19(10-4-1)23(20-11-5-2-6-12-20)26-15-17-27(18-16-26)24-25-21-13-7-8-14-22(21)28-24/h1-14,23H,15-18H2. The van der Waals surface area contributed by atoms with Crippen LogP contribution in [0.3, 0.4) is 0 Å². The molecule has 140 valence electrons. The van der Waals surface area contributed by atoms with Crippen LogP contribution in [-0.2, 0) is 0 Å². The molecule has 0 unspecified atom stereocenters. The van der Waals surface area contributed by atoms with Crippen molar-refractivity contribution in [1.29, 1.82) is 0 Å². The van der Waals surface area contributed by atoms with E-state index in [2.05, 4.69) is 75.4 Å². The summed E-state index contributed by atoms with van der Waals surface area (Å²) in [6, 6.07) is 30.5. The molecule has 28 heavy (non-hydrogen) atoms. The molecule has 1 aromatic heterocycles. The highest BCUT2D eigenvalue weighted by Crippen LogP contribution is 2.30. The Labute approximate surface area is 165 Å². The lowest BCUT2D eigenvalue weighted by atomic mass is 9.96. The zero-order valence-electron chi connectivity index (χ0n) is 15.7. The van der Waals surface area contributed by atoms with Crippen LogP contribution in [0.15, 0.2) is 89.3 Å². The van der Waals surface area contributed by atoms with E-state index in [1.165, 1.54) is 11.1 Å². The molecule has 5 rings (SSSR count). The summed E-state index contributed by atoms with van der Waals surface area (Å²) in [6.45, 7) is 3.74. The van der Waals surface area contributed by atoms with Gasteiger partial charge >= 0.3 is 0 Å². The van der Waals surface area contributed by atoms with E-state index in [-0.39, 0.29) is 6.04 Å². The summed E-state index contributed by atoms with van der Waals surface area (Å²) in [5.74, 6) is 0. The van der Waals surface area contributed by atoms with Crippen LogP contribution in [-0.4, -0.2) is 36.1 Å². The summed E-state index contributed by atoms with van der Waals surface area (Å²) in [5, 5.41) is 0. The third-order valence-corrected chi connectivity index (χ3v) is 5.46. The molecule has 0 saturated carbocycles. The van der Waals surface area contributed by atoms with Gasteiger partial charge in [-0.05, 0) is 23.3 Å². The number of oxazole rings is 1.